The normalized spacial score (nSPS) is 10.2. The van der Waals surface area contributed by atoms with Crippen LogP contribution < -0.4 is 10.2 Å². The van der Waals surface area contributed by atoms with Crippen molar-refractivity contribution in [3.8, 4) is 0 Å². The minimum atomic E-state index is -0.135. The summed E-state index contributed by atoms with van der Waals surface area (Å²) in [6, 6.07) is 16.8. The molecular weight excluding hydrogens is 328 g/mol. The summed E-state index contributed by atoms with van der Waals surface area (Å²) in [6.45, 7) is 3.67. The van der Waals surface area contributed by atoms with Crippen molar-refractivity contribution in [1.29, 1.82) is 0 Å². The van der Waals surface area contributed by atoms with E-state index in [0.717, 1.165) is 5.56 Å². The highest BCUT2D eigenvalue weighted by atomic mass is 16.2. The Morgan fingerprint density at radius 2 is 1.69 bits per heavy atom. The van der Waals surface area contributed by atoms with Gasteiger partial charge in [0.25, 0.3) is 0 Å². The lowest BCUT2D eigenvalue weighted by Crippen LogP contribution is -2.37. The topological polar surface area (TPSA) is 66.5 Å². The molecule has 0 bridgehead atoms. The molecule has 5 nitrogen and oxygen atoms in total. The molecule has 136 valence electrons. The van der Waals surface area contributed by atoms with E-state index in [1.165, 1.54) is 13.8 Å². The van der Waals surface area contributed by atoms with E-state index in [9.17, 15) is 14.4 Å². The molecule has 0 spiro atoms. The fourth-order valence-electron chi connectivity index (χ4n) is 2.66. The average Bonchev–Trinajstić information content (AvgIpc) is 2.64. The fourth-order valence-corrected chi connectivity index (χ4v) is 2.66. The van der Waals surface area contributed by atoms with Gasteiger partial charge in [-0.1, -0.05) is 42.5 Å². The molecule has 0 atom stereocenters. The van der Waals surface area contributed by atoms with Crippen LogP contribution in [0.1, 0.15) is 36.2 Å². The molecule has 2 rings (SSSR count). The summed E-state index contributed by atoms with van der Waals surface area (Å²) in [5.74, 6) is -0.233. The molecule has 2 amide bonds. The molecule has 0 fully saturated rings. The van der Waals surface area contributed by atoms with Crippen LogP contribution in [0.25, 0.3) is 0 Å². The van der Waals surface area contributed by atoms with E-state index >= 15 is 0 Å². The number of rotatable bonds is 8. The number of carbonyl (C=O) groups excluding carboxylic acids is 3. The third kappa shape index (κ3) is 5.84. The maximum absolute atomic E-state index is 12.0. The highest BCUT2D eigenvalue weighted by Crippen LogP contribution is 2.16. The van der Waals surface area contributed by atoms with Gasteiger partial charge in [0.1, 0.15) is 0 Å². The van der Waals surface area contributed by atoms with Crippen molar-refractivity contribution < 1.29 is 14.4 Å². The smallest absolute Gasteiger partial charge is 0.223 e. The second-order valence-electron chi connectivity index (χ2n) is 6.11. The number of amides is 2. The monoisotopic (exact) mass is 352 g/mol. The Balaban J connectivity index is 1.87. The Hall–Kier alpha value is -2.95. The molecular formula is C21H24N2O3. The van der Waals surface area contributed by atoms with Crippen LogP contribution in [0.4, 0.5) is 5.69 Å². The third-order valence-electron chi connectivity index (χ3n) is 4.09. The number of Topliss-reactive ketones (excluding diaryl/α,β-unsaturated/α-hetero) is 1. The van der Waals surface area contributed by atoms with Crippen LogP contribution in [-0.2, 0) is 16.0 Å². The van der Waals surface area contributed by atoms with Crippen LogP contribution in [-0.4, -0.2) is 30.7 Å². The van der Waals surface area contributed by atoms with E-state index in [1.807, 2.05) is 30.3 Å². The number of anilines is 1. The number of ketones is 1. The molecule has 0 aliphatic carbocycles. The van der Waals surface area contributed by atoms with Crippen molar-refractivity contribution >= 4 is 23.3 Å². The van der Waals surface area contributed by atoms with Gasteiger partial charge in [0.15, 0.2) is 5.78 Å². The van der Waals surface area contributed by atoms with Crippen LogP contribution in [0.15, 0.2) is 54.6 Å². The lowest BCUT2D eigenvalue weighted by molar-refractivity contribution is -0.121. The van der Waals surface area contributed by atoms with Crippen LogP contribution in [0.5, 0.6) is 0 Å². The molecule has 0 saturated carbocycles. The molecule has 0 saturated heterocycles. The summed E-state index contributed by atoms with van der Waals surface area (Å²) >= 11 is 0. The van der Waals surface area contributed by atoms with E-state index in [1.54, 1.807) is 29.2 Å². The van der Waals surface area contributed by atoms with Gasteiger partial charge in [0.05, 0.1) is 0 Å². The SMILES string of the molecule is CC(=O)c1cccc(N(CCNC(=O)CCc2ccccc2)C(C)=O)c1. The molecule has 0 unspecified atom stereocenters. The van der Waals surface area contributed by atoms with E-state index in [-0.39, 0.29) is 17.6 Å². The first kappa shape index (κ1) is 19.4. The summed E-state index contributed by atoms with van der Waals surface area (Å²) in [5, 5.41) is 2.85. The molecule has 0 radical (unpaired) electrons. The fraction of sp³-hybridized carbons (Fsp3) is 0.286. The number of nitrogens with one attached hydrogen (secondary N) is 1. The van der Waals surface area contributed by atoms with Crippen LogP contribution in [0.2, 0.25) is 0 Å². The van der Waals surface area contributed by atoms with Crippen LogP contribution >= 0.6 is 0 Å². The Labute approximate surface area is 154 Å². The zero-order chi connectivity index (χ0) is 18.9. The van der Waals surface area contributed by atoms with Crippen molar-refractivity contribution in [3.05, 3.63) is 65.7 Å². The predicted molar refractivity (Wildman–Crippen MR) is 102 cm³/mol. The van der Waals surface area contributed by atoms with Gasteiger partial charge in [0, 0.05) is 37.7 Å². The van der Waals surface area contributed by atoms with E-state index < -0.39 is 0 Å². The molecule has 0 aliphatic heterocycles. The van der Waals surface area contributed by atoms with Crippen molar-refractivity contribution in [2.75, 3.05) is 18.0 Å². The maximum Gasteiger partial charge on any atom is 0.223 e. The predicted octanol–water partition coefficient (Wildman–Crippen LogP) is 2.99. The lowest BCUT2D eigenvalue weighted by atomic mass is 10.1. The minimum Gasteiger partial charge on any atom is -0.354 e. The molecule has 2 aromatic carbocycles. The quantitative estimate of drug-likeness (QED) is 0.743. The van der Waals surface area contributed by atoms with Crippen molar-refractivity contribution in [1.82, 2.24) is 5.32 Å². The molecule has 0 heterocycles. The minimum absolute atomic E-state index is 0.0464. The van der Waals surface area contributed by atoms with Gasteiger partial charge in [-0.3, -0.25) is 14.4 Å². The number of aryl methyl sites for hydroxylation is 1. The summed E-state index contributed by atoms with van der Waals surface area (Å²) in [7, 11) is 0. The maximum atomic E-state index is 12.0. The van der Waals surface area contributed by atoms with Gasteiger partial charge >= 0.3 is 0 Å². The standard InChI is InChI=1S/C21H24N2O3/c1-16(24)19-9-6-10-20(15-19)23(17(2)25)14-13-22-21(26)12-11-18-7-4-3-5-8-18/h3-10,15H,11-14H2,1-2H3,(H,22,26). The van der Waals surface area contributed by atoms with E-state index in [0.29, 0.717) is 37.2 Å². The summed E-state index contributed by atoms with van der Waals surface area (Å²) in [6.07, 6.45) is 1.09. The summed E-state index contributed by atoms with van der Waals surface area (Å²) in [5.41, 5.74) is 2.33. The largest absolute Gasteiger partial charge is 0.354 e. The second kappa shape index (κ2) is 9.51. The van der Waals surface area contributed by atoms with Crippen molar-refractivity contribution in [3.63, 3.8) is 0 Å². The highest BCUT2D eigenvalue weighted by molar-refractivity contribution is 5.97. The second-order valence-corrected chi connectivity index (χ2v) is 6.11. The Morgan fingerprint density at radius 3 is 2.35 bits per heavy atom. The molecule has 1 N–H and O–H groups in total. The third-order valence-corrected chi connectivity index (χ3v) is 4.09. The van der Waals surface area contributed by atoms with Crippen LogP contribution in [0, 0.1) is 0 Å². The number of hydrogen-bond acceptors (Lipinski definition) is 3. The summed E-state index contributed by atoms with van der Waals surface area (Å²) < 4.78 is 0. The molecule has 5 heteroatoms. The number of hydrogen-bond donors (Lipinski definition) is 1. The Morgan fingerprint density at radius 1 is 0.962 bits per heavy atom. The van der Waals surface area contributed by atoms with E-state index in [4.69, 9.17) is 0 Å². The number of nitrogens with zero attached hydrogens (tertiary/aromatic N) is 1. The Kier molecular flexibility index (Phi) is 7.09. The number of benzene rings is 2. The van der Waals surface area contributed by atoms with Gasteiger partial charge in [-0.05, 0) is 31.0 Å². The zero-order valence-electron chi connectivity index (χ0n) is 15.2. The highest BCUT2D eigenvalue weighted by Gasteiger charge is 2.13. The molecule has 0 aromatic heterocycles. The van der Waals surface area contributed by atoms with Gasteiger partial charge in [0.2, 0.25) is 11.8 Å². The first-order valence-electron chi connectivity index (χ1n) is 8.67. The first-order valence-corrected chi connectivity index (χ1v) is 8.67. The molecule has 2 aromatic rings. The van der Waals surface area contributed by atoms with Gasteiger partial charge in [-0.15, -0.1) is 0 Å². The first-order chi connectivity index (χ1) is 12.5. The lowest BCUT2D eigenvalue weighted by Gasteiger charge is -2.22. The Bertz CT molecular complexity index is 772. The van der Waals surface area contributed by atoms with Crippen molar-refractivity contribution in [2.24, 2.45) is 0 Å². The van der Waals surface area contributed by atoms with Gasteiger partial charge in [-0.2, -0.15) is 0 Å². The number of carbonyl (C=O) groups is 3. The average molecular weight is 352 g/mol. The summed E-state index contributed by atoms with van der Waals surface area (Å²) in [4.78, 5) is 37.0. The van der Waals surface area contributed by atoms with Gasteiger partial charge < -0.3 is 10.2 Å². The van der Waals surface area contributed by atoms with Gasteiger partial charge in [-0.25, -0.2) is 0 Å². The molecule has 26 heavy (non-hydrogen) atoms. The van der Waals surface area contributed by atoms with Crippen LogP contribution in [0.3, 0.4) is 0 Å². The molecule has 0 aliphatic rings. The van der Waals surface area contributed by atoms with E-state index in [2.05, 4.69) is 5.32 Å². The zero-order valence-corrected chi connectivity index (χ0v) is 15.2. The van der Waals surface area contributed by atoms with Crippen molar-refractivity contribution in [2.45, 2.75) is 26.7 Å².